The second kappa shape index (κ2) is 6.68. The molecule has 0 aliphatic carbocycles. The van der Waals surface area contributed by atoms with Crippen LogP contribution in [0.15, 0.2) is 66.2 Å². The van der Waals surface area contributed by atoms with Crippen LogP contribution in [0, 0.1) is 10.1 Å². The number of hydrogen-bond acceptors (Lipinski definition) is 3. The largest absolute Gasteiger partial charge is 0.413 e. The number of alkyl halides is 3. The topological polar surface area (TPSA) is 46.4 Å². The second-order valence-electron chi connectivity index (χ2n) is 5.87. The average Bonchev–Trinajstić information content (AvgIpc) is 3.00. The van der Waals surface area contributed by atoms with E-state index in [0.717, 1.165) is 5.56 Å². The van der Waals surface area contributed by atoms with Crippen molar-refractivity contribution in [2.24, 2.45) is 0 Å². The van der Waals surface area contributed by atoms with E-state index >= 15 is 0 Å². The third-order valence-corrected chi connectivity index (χ3v) is 4.16. The molecule has 0 spiro atoms. The fourth-order valence-electron chi connectivity index (χ4n) is 2.92. The number of hydrogen-bond donors (Lipinski definition) is 0. The summed E-state index contributed by atoms with van der Waals surface area (Å²) in [5.41, 5.74) is 0.829. The Balaban J connectivity index is 1.90. The molecule has 2 aromatic carbocycles. The minimum Gasteiger partial charge on any atom is -0.284 e. The van der Waals surface area contributed by atoms with Crippen molar-refractivity contribution in [3.63, 3.8) is 0 Å². The molecule has 25 heavy (non-hydrogen) atoms. The van der Waals surface area contributed by atoms with Crippen LogP contribution in [0.2, 0.25) is 0 Å². The van der Waals surface area contributed by atoms with Crippen molar-refractivity contribution in [2.45, 2.75) is 18.8 Å². The van der Waals surface area contributed by atoms with Crippen LogP contribution in [-0.2, 0) is 6.54 Å². The SMILES string of the molecule is O=[N+]([O-])c1ccc(C2C=C(C(F)(F)F)CN2Cc2ccccc2)cc1. The van der Waals surface area contributed by atoms with Gasteiger partial charge in [0.05, 0.1) is 11.0 Å². The molecular weight excluding hydrogens is 333 g/mol. The highest BCUT2D eigenvalue weighted by Crippen LogP contribution is 2.38. The standard InChI is InChI=1S/C18H15F3N2O2/c19-18(20,21)15-10-17(14-6-8-16(9-7-14)23(24)25)22(12-15)11-13-4-2-1-3-5-13/h1-10,17H,11-12H2. The summed E-state index contributed by atoms with van der Waals surface area (Å²) in [6.07, 6.45) is -3.19. The van der Waals surface area contributed by atoms with Crippen LogP contribution >= 0.6 is 0 Å². The number of nitro benzene ring substituents is 1. The van der Waals surface area contributed by atoms with E-state index in [1.807, 2.05) is 30.3 Å². The molecule has 1 atom stereocenters. The normalized spacial score (nSPS) is 18.2. The van der Waals surface area contributed by atoms with E-state index in [9.17, 15) is 23.3 Å². The van der Waals surface area contributed by atoms with E-state index in [1.165, 1.54) is 30.3 Å². The lowest BCUT2D eigenvalue weighted by atomic mass is 10.1. The van der Waals surface area contributed by atoms with Crippen LogP contribution in [0.5, 0.6) is 0 Å². The zero-order valence-corrected chi connectivity index (χ0v) is 13.1. The highest BCUT2D eigenvalue weighted by molar-refractivity contribution is 5.38. The summed E-state index contributed by atoms with van der Waals surface area (Å²) >= 11 is 0. The molecule has 0 fully saturated rings. The number of nitro groups is 1. The van der Waals surface area contributed by atoms with E-state index in [4.69, 9.17) is 0 Å². The van der Waals surface area contributed by atoms with E-state index in [2.05, 4.69) is 0 Å². The van der Waals surface area contributed by atoms with Crippen LogP contribution in [0.1, 0.15) is 17.2 Å². The van der Waals surface area contributed by atoms with Gasteiger partial charge >= 0.3 is 6.18 Å². The van der Waals surface area contributed by atoms with Gasteiger partial charge in [0.2, 0.25) is 0 Å². The van der Waals surface area contributed by atoms with Crippen molar-refractivity contribution >= 4 is 5.69 Å². The van der Waals surface area contributed by atoms with Crippen molar-refractivity contribution in [2.75, 3.05) is 6.54 Å². The maximum Gasteiger partial charge on any atom is 0.413 e. The predicted molar refractivity (Wildman–Crippen MR) is 86.8 cm³/mol. The van der Waals surface area contributed by atoms with Crippen LogP contribution in [-0.4, -0.2) is 22.5 Å². The van der Waals surface area contributed by atoms with Gasteiger partial charge in [-0.05, 0) is 11.1 Å². The highest BCUT2D eigenvalue weighted by Gasteiger charge is 2.40. The Bertz CT molecular complexity index is 786. The number of benzene rings is 2. The van der Waals surface area contributed by atoms with Gasteiger partial charge in [-0.25, -0.2) is 0 Å². The van der Waals surface area contributed by atoms with E-state index in [1.54, 1.807) is 4.90 Å². The zero-order valence-electron chi connectivity index (χ0n) is 13.1. The zero-order chi connectivity index (χ0) is 18.0. The van der Waals surface area contributed by atoms with Crippen molar-refractivity contribution in [1.29, 1.82) is 0 Å². The average molecular weight is 348 g/mol. The summed E-state index contributed by atoms with van der Waals surface area (Å²) in [7, 11) is 0. The molecule has 0 saturated heterocycles. The lowest BCUT2D eigenvalue weighted by molar-refractivity contribution is -0.384. The molecule has 0 N–H and O–H groups in total. The van der Waals surface area contributed by atoms with Crippen LogP contribution in [0.4, 0.5) is 18.9 Å². The molecule has 0 radical (unpaired) electrons. The molecule has 3 rings (SSSR count). The molecule has 1 heterocycles. The van der Waals surface area contributed by atoms with Crippen molar-refractivity contribution in [3.05, 3.63) is 87.5 Å². The van der Waals surface area contributed by atoms with Gasteiger partial charge in [0.25, 0.3) is 5.69 Å². The van der Waals surface area contributed by atoms with Crippen LogP contribution < -0.4 is 0 Å². The Morgan fingerprint density at radius 3 is 2.28 bits per heavy atom. The summed E-state index contributed by atoms with van der Waals surface area (Å²) in [6.45, 7) is 0.151. The number of nitrogens with zero attached hydrogens (tertiary/aromatic N) is 2. The van der Waals surface area contributed by atoms with Gasteiger partial charge in [-0.3, -0.25) is 15.0 Å². The summed E-state index contributed by atoms with van der Waals surface area (Å²) in [5.74, 6) is 0. The Kier molecular flexibility index (Phi) is 4.59. The number of halogens is 3. The molecule has 130 valence electrons. The molecule has 1 aliphatic heterocycles. The first-order valence-corrected chi connectivity index (χ1v) is 7.65. The molecule has 2 aromatic rings. The summed E-state index contributed by atoms with van der Waals surface area (Å²) in [4.78, 5) is 11.9. The molecule has 7 heteroatoms. The Morgan fingerprint density at radius 1 is 1.08 bits per heavy atom. The molecule has 1 unspecified atom stereocenters. The van der Waals surface area contributed by atoms with E-state index in [-0.39, 0.29) is 12.2 Å². The quantitative estimate of drug-likeness (QED) is 0.459. The van der Waals surface area contributed by atoms with E-state index < -0.39 is 22.7 Å². The first kappa shape index (κ1) is 17.2. The first-order chi connectivity index (χ1) is 11.8. The lowest BCUT2D eigenvalue weighted by Crippen LogP contribution is -2.26. The maximum absolute atomic E-state index is 13.1. The summed E-state index contributed by atoms with van der Waals surface area (Å²) < 4.78 is 39.4. The molecule has 0 amide bonds. The summed E-state index contributed by atoms with van der Waals surface area (Å²) in [5, 5.41) is 10.8. The number of non-ortho nitro benzene ring substituents is 1. The number of rotatable bonds is 4. The molecular formula is C18H15F3N2O2. The van der Waals surface area contributed by atoms with Gasteiger partial charge in [-0.1, -0.05) is 48.5 Å². The molecule has 0 saturated carbocycles. The monoisotopic (exact) mass is 348 g/mol. The Hall–Kier alpha value is -2.67. The van der Waals surface area contributed by atoms with E-state index in [0.29, 0.717) is 12.1 Å². The van der Waals surface area contributed by atoms with Crippen molar-refractivity contribution in [3.8, 4) is 0 Å². The summed E-state index contributed by atoms with van der Waals surface area (Å²) in [6, 6.07) is 14.3. The van der Waals surface area contributed by atoms with Gasteiger partial charge in [0.15, 0.2) is 0 Å². The fourth-order valence-corrected chi connectivity index (χ4v) is 2.92. The lowest BCUT2D eigenvalue weighted by Gasteiger charge is -2.25. The Morgan fingerprint density at radius 2 is 1.72 bits per heavy atom. The first-order valence-electron chi connectivity index (χ1n) is 7.65. The van der Waals surface area contributed by atoms with Crippen LogP contribution in [0.25, 0.3) is 0 Å². The smallest absolute Gasteiger partial charge is 0.284 e. The van der Waals surface area contributed by atoms with Gasteiger partial charge in [-0.15, -0.1) is 0 Å². The second-order valence-corrected chi connectivity index (χ2v) is 5.87. The maximum atomic E-state index is 13.1. The van der Waals surface area contributed by atoms with Gasteiger partial charge < -0.3 is 0 Å². The minimum absolute atomic E-state index is 0.0867. The molecule has 1 aliphatic rings. The fraction of sp³-hybridized carbons (Fsp3) is 0.222. The van der Waals surface area contributed by atoms with Crippen molar-refractivity contribution in [1.82, 2.24) is 4.90 Å². The Labute approximate surface area is 142 Å². The van der Waals surface area contributed by atoms with Crippen molar-refractivity contribution < 1.29 is 18.1 Å². The third kappa shape index (κ3) is 3.88. The molecule has 0 aromatic heterocycles. The van der Waals surface area contributed by atoms with Crippen LogP contribution in [0.3, 0.4) is 0 Å². The van der Waals surface area contributed by atoms with Gasteiger partial charge in [0, 0.05) is 30.8 Å². The predicted octanol–water partition coefficient (Wildman–Crippen LogP) is 4.64. The third-order valence-electron chi connectivity index (χ3n) is 4.16. The minimum atomic E-state index is -4.38. The molecule has 0 bridgehead atoms. The van der Waals surface area contributed by atoms with Gasteiger partial charge in [-0.2, -0.15) is 13.2 Å². The molecule has 4 nitrogen and oxygen atoms in total. The van der Waals surface area contributed by atoms with Gasteiger partial charge in [0.1, 0.15) is 0 Å². The highest BCUT2D eigenvalue weighted by atomic mass is 19.4.